The maximum Gasteiger partial charge on any atom is 0.226 e. The van der Waals surface area contributed by atoms with Crippen LogP contribution in [0, 0.1) is 11.8 Å². The molecule has 2 aliphatic rings. The average molecular weight is 323 g/mol. The lowest BCUT2D eigenvalue weighted by Crippen LogP contribution is -2.42. The maximum absolute atomic E-state index is 12.9. The average Bonchev–Trinajstić information content (AvgIpc) is 3.26. The van der Waals surface area contributed by atoms with E-state index in [2.05, 4.69) is 24.0 Å². The molecule has 122 valence electrons. The molecule has 3 unspecified atom stereocenters. The molecule has 0 radical (unpaired) electrons. The topological polar surface area (TPSA) is 46.3 Å². The zero-order valence-electron chi connectivity index (χ0n) is 13.3. The zero-order valence-corrected chi connectivity index (χ0v) is 14.1. The number of nitrogens with two attached hydrogens (primary N) is 1. The Hall–Kier alpha value is -1.06. The summed E-state index contributed by atoms with van der Waals surface area (Å²) in [4.78, 5) is 15.1. The lowest BCUT2D eigenvalue weighted by molar-refractivity contribution is -0.138. The summed E-state index contributed by atoms with van der Waals surface area (Å²) in [7, 11) is 0. The van der Waals surface area contributed by atoms with Crippen molar-refractivity contribution in [1.82, 2.24) is 4.90 Å². The number of nitrogens with zero attached hydrogens (tertiary/aromatic N) is 1. The molecular weight excluding hydrogens is 296 g/mol. The number of rotatable bonds is 5. The molecule has 2 aliphatic carbocycles. The maximum atomic E-state index is 12.9. The number of halogens is 1. The first-order valence-electron chi connectivity index (χ1n) is 8.25. The molecule has 2 N–H and O–H groups in total. The van der Waals surface area contributed by atoms with Crippen LogP contribution in [0.2, 0.25) is 0 Å². The molecule has 0 bridgehead atoms. The molecule has 22 heavy (non-hydrogen) atoms. The van der Waals surface area contributed by atoms with Gasteiger partial charge in [0.2, 0.25) is 5.91 Å². The summed E-state index contributed by atoms with van der Waals surface area (Å²) >= 11 is 0. The van der Waals surface area contributed by atoms with Gasteiger partial charge in [0.1, 0.15) is 0 Å². The summed E-state index contributed by atoms with van der Waals surface area (Å²) in [6.07, 6.45) is 5.35. The van der Waals surface area contributed by atoms with Crippen LogP contribution in [0.4, 0.5) is 0 Å². The molecule has 3 nitrogen and oxygen atoms in total. The van der Waals surface area contributed by atoms with E-state index in [1.165, 1.54) is 18.4 Å². The van der Waals surface area contributed by atoms with Crippen LogP contribution in [0.5, 0.6) is 0 Å². The number of hydrogen-bond donors (Lipinski definition) is 1. The van der Waals surface area contributed by atoms with Crippen molar-refractivity contribution in [2.24, 2.45) is 17.6 Å². The van der Waals surface area contributed by atoms with E-state index >= 15 is 0 Å². The fourth-order valence-corrected chi connectivity index (χ4v) is 3.51. The highest BCUT2D eigenvalue weighted by Gasteiger charge is 2.38. The van der Waals surface area contributed by atoms with Crippen LogP contribution >= 0.6 is 12.4 Å². The number of amides is 1. The molecule has 4 heteroatoms. The normalized spacial score (nSPS) is 25.4. The Bertz CT molecular complexity index is 489. The molecule has 1 aromatic rings. The molecule has 1 aromatic carbocycles. The van der Waals surface area contributed by atoms with Crippen LogP contribution < -0.4 is 5.73 Å². The Morgan fingerprint density at radius 2 is 1.91 bits per heavy atom. The third kappa shape index (κ3) is 4.02. The van der Waals surface area contributed by atoms with E-state index in [1.807, 2.05) is 18.2 Å². The molecular formula is C18H27ClN2O. The van der Waals surface area contributed by atoms with Gasteiger partial charge in [0.05, 0.1) is 0 Å². The van der Waals surface area contributed by atoms with Gasteiger partial charge in [-0.25, -0.2) is 0 Å². The quantitative estimate of drug-likeness (QED) is 0.903. The summed E-state index contributed by atoms with van der Waals surface area (Å²) in [6, 6.07) is 10.9. The Labute approximate surface area is 139 Å². The minimum Gasteiger partial charge on any atom is -0.335 e. The van der Waals surface area contributed by atoms with Crippen molar-refractivity contribution in [3.05, 3.63) is 35.9 Å². The van der Waals surface area contributed by atoms with Crippen molar-refractivity contribution in [3.8, 4) is 0 Å². The molecule has 2 saturated carbocycles. The molecule has 0 aliphatic heterocycles. The summed E-state index contributed by atoms with van der Waals surface area (Å²) in [6.45, 7) is 2.95. The van der Waals surface area contributed by atoms with E-state index in [0.29, 0.717) is 17.9 Å². The molecule has 0 aromatic heterocycles. The summed E-state index contributed by atoms with van der Waals surface area (Å²) in [5, 5.41) is 0. The zero-order chi connectivity index (χ0) is 14.8. The molecule has 2 fully saturated rings. The van der Waals surface area contributed by atoms with E-state index in [9.17, 15) is 4.79 Å². The van der Waals surface area contributed by atoms with E-state index in [0.717, 1.165) is 25.8 Å². The van der Waals surface area contributed by atoms with E-state index in [-0.39, 0.29) is 24.4 Å². The second-order valence-corrected chi connectivity index (χ2v) is 6.80. The van der Waals surface area contributed by atoms with Crippen molar-refractivity contribution in [3.63, 3.8) is 0 Å². The van der Waals surface area contributed by atoms with Gasteiger partial charge in [0, 0.05) is 24.5 Å². The third-order valence-corrected chi connectivity index (χ3v) is 5.10. The van der Waals surface area contributed by atoms with E-state index in [4.69, 9.17) is 5.73 Å². The highest BCUT2D eigenvalue weighted by molar-refractivity contribution is 5.85. The Morgan fingerprint density at radius 3 is 2.45 bits per heavy atom. The fraction of sp³-hybridized carbons (Fsp3) is 0.611. The van der Waals surface area contributed by atoms with Gasteiger partial charge in [-0.05, 0) is 50.5 Å². The highest BCUT2D eigenvalue weighted by atomic mass is 35.5. The lowest BCUT2D eigenvalue weighted by atomic mass is 10.0. The fourth-order valence-electron chi connectivity index (χ4n) is 3.51. The highest BCUT2D eigenvalue weighted by Crippen LogP contribution is 2.37. The van der Waals surface area contributed by atoms with Crippen molar-refractivity contribution >= 4 is 18.3 Å². The van der Waals surface area contributed by atoms with Crippen LogP contribution in [0.25, 0.3) is 0 Å². The van der Waals surface area contributed by atoms with Crippen LogP contribution in [0.1, 0.15) is 44.6 Å². The summed E-state index contributed by atoms with van der Waals surface area (Å²) < 4.78 is 0. The smallest absolute Gasteiger partial charge is 0.226 e. The minimum absolute atomic E-state index is 0. The predicted octanol–water partition coefficient (Wildman–Crippen LogP) is 3.36. The standard InChI is InChI=1S/C18H26N2O.ClH/c1-13(15-7-8-15)20(12-14-5-3-2-4-6-14)18(21)16-9-10-17(19)11-16;/h2-6,13,15-17H,7-12,19H2,1H3;1H. The van der Waals surface area contributed by atoms with E-state index in [1.54, 1.807) is 0 Å². The van der Waals surface area contributed by atoms with Gasteiger partial charge >= 0.3 is 0 Å². The largest absolute Gasteiger partial charge is 0.335 e. The predicted molar refractivity (Wildman–Crippen MR) is 91.7 cm³/mol. The van der Waals surface area contributed by atoms with Crippen LogP contribution in [-0.4, -0.2) is 22.9 Å². The van der Waals surface area contributed by atoms with Crippen LogP contribution in [-0.2, 0) is 11.3 Å². The molecule has 0 saturated heterocycles. The number of benzene rings is 1. The van der Waals surface area contributed by atoms with Crippen molar-refractivity contribution in [2.75, 3.05) is 0 Å². The van der Waals surface area contributed by atoms with Gasteiger partial charge in [-0.3, -0.25) is 4.79 Å². The second kappa shape index (κ2) is 7.47. The van der Waals surface area contributed by atoms with Crippen LogP contribution in [0.15, 0.2) is 30.3 Å². The van der Waals surface area contributed by atoms with Gasteiger partial charge in [-0.2, -0.15) is 0 Å². The summed E-state index contributed by atoms with van der Waals surface area (Å²) in [5.74, 6) is 1.17. The Balaban J connectivity index is 0.00000176. The molecule has 0 heterocycles. The monoisotopic (exact) mass is 322 g/mol. The number of hydrogen-bond acceptors (Lipinski definition) is 2. The molecule has 0 spiro atoms. The van der Waals surface area contributed by atoms with Gasteiger partial charge in [-0.1, -0.05) is 30.3 Å². The number of carbonyl (C=O) groups is 1. The first-order chi connectivity index (χ1) is 10.1. The van der Waals surface area contributed by atoms with Crippen LogP contribution in [0.3, 0.4) is 0 Å². The van der Waals surface area contributed by atoms with Crippen molar-refractivity contribution in [1.29, 1.82) is 0 Å². The minimum atomic E-state index is 0. The Kier molecular flexibility index (Phi) is 5.87. The first kappa shape index (κ1) is 17.3. The van der Waals surface area contributed by atoms with Gasteiger partial charge < -0.3 is 10.6 Å². The van der Waals surface area contributed by atoms with Gasteiger partial charge in [-0.15, -0.1) is 12.4 Å². The van der Waals surface area contributed by atoms with Crippen molar-refractivity contribution < 1.29 is 4.79 Å². The molecule has 3 atom stereocenters. The third-order valence-electron chi connectivity index (χ3n) is 5.10. The van der Waals surface area contributed by atoms with Gasteiger partial charge in [0.15, 0.2) is 0 Å². The van der Waals surface area contributed by atoms with E-state index < -0.39 is 0 Å². The number of carbonyl (C=O) groups excluding carboxylic acids is 1. The van der Waals surface area contributed by atoms with Gasteiger partial charge in [0.25, 0.3) is 0 Å². The Morgan fingerprint density at radius 1 is 1.23 bits per heavy atom. The first-order valence-corrected chi connectivity index (χ1v) is 8.25. The summed E-state index contributed by atoms with van der Waals surface area (Å²) in [5.41, 5.74) is 7.22. The van der Waals surface area contributed by atoms with Crippen molar-refractivity contribution in [2.45, 2.75) is 57.7 Å². The SMILES string of the molecule is CC(C1CC1)N(Cc1ccccc1)C(=O)C1CCC(N)C1.Cl. The second-order valence-electron chi connectivity index (χ2n) is 6.80. The lowest BCUT2D eigenvalue weighted by Gasteiger charge is -2.32. The molecule has 1 amide bonds. The molecule has 3 rings (SSSR count).